The van der Waals surface area contributed by atoms with Crippen molar-refractivity contribution in [1.82, 2.24) is 0 Å². The van der Waals surface area contributed by atoms with Crippen molar-refractivity contribution in [2.45, 2.75) is 6.92 Å². The summed E-state index contributed by atoms with van der Waals surface area (Å²) in [6.07, 6.45) is 1.92. The third-order valence-electron chi connectivity index (χ3n) is 0.811. The Labute approximate surface area is 61.4 Å². The molecule has 0 aromatic carbocycles. The summed E-state index contributed by atoms with van der Waals surface area (Å²) in [4.78, 5) is 0. The van der Waals surface area contributed by atoms with Gasteiger partial charge < -0.3 is 11.8 Å². The average Bonchev–Trinajstić information content (AvgIpc) is 1.79. The first kappa shape index (κ1) is 6.59. The normalized spacial score (nSPS) is 27.5. The second kappa shape index (κ2) is 2.05. The minimum Gasteiger partial charge on any atom is -0.343 e. The summed E-state index contributed by atoms with van der Waals surface area (Å²) in [7, 11) is 0. The predicted octanol–water partition coefficient (Wildman–Crippen LogP) is 0.860. The monoisotopic (exact) mass is 306 g/mol. The van der Waals surface area contributed by atoms with E-state index in [0.29, 0.717) is 5.92 Å². The summed E-state index contributed by atoms with van der Waals surface area (Å²) in [5, 5.41) is 6.76. The maximum atomic E-state index is 6.76. The molecular weight excluding hydrogens is 300 g/mol. The van der Waals surface area contributed by atoms with Gasteiger partial charge in [-0.15, -0.1) is 5.92 Å². The summed E-state index contributed by atoms with van der Waals surface area (Å²) in [6, 6.07) is 0. The minimum absolute atomic E-state index is 0. The summed E-state index contributed by atoms with van der Waals surface area (Å²) in [5.74, 6) is 0.509. The van der Waals surface area contributed by atoms with Crippen molar-refractivity contribution < 1.29 is 31.1 Å². The van der Waals surface area contributed by atoms with Gasteiger partial charge in [0.25, 0.3) is 0 Å². The van der Waals surface area contributed by atoms with Crippen molar-refractivity contribution in [3.8, 4) is 0 Å². The van der Waals surface area contributed by atoms with Gasteiger partial charge in [0.2, 0.25) is 0 Å². The second-order valence-electron chi connectivity index (χ2n) is 1.41. The van der Waals surface area contributed by atoms with Crippen LogP contribution in [-0.2, 0) is 0 Å². The van der Waals surface area contributed by atoms with E-state index in [9.17, 15) is 0 Å². The van der Waals surface area contributed by atoms with Gasteiger partial charge in [-0.3, -0.25) is 0 Å². The zero-order chi connectivity index (χ0) is 3.86. The van der Waals surface area contributed by atoms with E-state index in [-0.39, 0.29) is 31.1 Å². The molecule has 1 rings (SSSR count). The van der Waals surface area contributed by atoms with Crippen LogP contribution >= 0.6 is 0 Å². The van der Waals surface area contributed by atoms with E-state index in [4.69, 9.17) is 5.41 Å². The standard InChI is InChI=1S/C4H6N.U/c1-3-2-4(3)5;/h2-3,5H,1H3;/q-1;/t3-;/m1./s1. The van der Waals surface area contributed by atoms with E-state index in [2.05, 4.69) is 0 Å². The molecule has 2 heteroatoms. The van der Waals surface area contributed by atoms with Gasteiger partial charge in [0.1, 0.15) is 0 Å². The fourth-order valence-electron chi connectivity index (χ4n) is 0.221. The molecule has 1 aliphatic carbocycles. The Morgan fingerprint density at radius 1 is 1.83 bits per heavy atom. The fourth-order valence-corrected chi connectivity index (χ4v) is 0.221. The molecular formula is C4H6NU-. The molecule has 1 N–H and O–H groups in total. The van der Waals surface area contributed by atoms with E-state index >= 15 is 0 Å². The molecule has 0 aliphatic heterocycles. The zero-order valence-corrected chi connectivity index (χ0v) is 7.82. The van der Waals surface area contributed by atoms with Crippen LogP contribution in [0.5, 0.6) is 0 Å². The van der Waals surface area contributed by atoms with Crippen LogP contribution in [0.2, 0.25) is 0 Å². The van der Waals surface area contributed by atoms with Crippen molar-refractivity contribution in [2.24, 2.45) is 5.92 Å². The third kappa shape index (κ3) is 1.36. The Morgan fingerprint density at radius 3 is 2.00 bits per heavy atom. The van der Waals surface area contributed by atoms with Crippen LogP contribution in [0, 0.1) is 48.9 Å². The van der Waals surface area contributed by atoms with Crippen LogP contribution in [0.1, 0.15) is 6.92 Å². The van der Waals surface area contributed by atoms with Gasteiger partial charge in [0, 0.05) is 31.1 Å². The van der Waals surface area contributed by atoms with Crippen molar-refractivity contribution >= 4 is 5.71 Å². The second-order valence-corrected chi connectivity index (χ2v) is 1.41. The third-order valence-corrected chi connectivity index (χ3v) is 0.811. The topological polar surface area (TPSA) is 23.9 Å². The minimum atomic E-state index is 0. The Bertz CT molecular complexity index is 69.9. The molecule has 0 aromatic heterocycles. The maximum Gasteiger partial charge on any atom is 0 e. The van der Waals surface area contributed by atoms with Crippen LogP contribution in [0.4, 0.5) is 0 Å². The molecule has 1 nitrogen and oxygen atoms in total. The van der Waals surface area contributed by atoms with E-state index in [1.807, 2.05) is 13.3 Å². The molecule has 0 heterocycles. The molecule has 0 aromatic rings. The van der Waals surface area contributed by atoms with Crippen LogP contribution in [-0.4, -0.2) is 5.71 Å². The molecule has 32 valence electrons. The van der Waals surface area contributed by atoms with E-state index in [1.54, 1.807) is 0 Å². The van der Waals surface area contributed by atoms with Gasteiger partial charge in [0.15, 0.2) is 0 Å². The number of nitrogens with one attached hydrogen (secondary N) is 1. The van der Waals surface area contributed by atoms with Gasteiger partial charge >= 0.3 is 0 Å². The fraction of sp³-hybridized carbons (Fsp3) is 0.500. The smallest absolute Gasteiger partial charge is 0 e. The molecule has 1 atom stereocenters. The average molecular weight is 306 g/mol. The molecule has 1 saturated carbocycles. The molecule has 0 saturated heterocycles. The largest absolute Gasteiger partial charge is 0.343 e. The summed E-state index contributed by atoms with van der Waals surface area (Å²) in [5.41, 5.74) is 0.796. The van der Waals surface area contributed by atoms with E-state index in [0.717, 1.165) is 5.71 Å². The Kier molecular flexibility index (Phi) is 2.25. The Balaban J connectivity index is 0.000000250. The summed E-state index contributed by atoms with van der Waals surface area (Å²) in [6.45, 7) is 2.02. The van der Waals surface area contributed by atoms with Crippen molar-refractivity contribution in [1.29, 1.82) is 5.41 Å². The first-order chi connectivity index (χ1) is 2.30. The zero-order valence-electron chi connectivity index (χ0n) is 3.65. The molecule has 0 bridgehead atoms. The Hall–Kier alpha value is 0.592. The SMILES string of the molecule is C[C@@H]1[CH-]C1=N.[U]. The quantitative estimate of drug-likeness (QED) is 0.642. The number of hydrogen-bond acceptors (Lipinski definition) is 1. The predicted molar refractivity (Wildman–Crippen MR) is 21.2 cm³/mol. The van der Waals surface area contributed by atoms with Crippen LogP contribution in [0.25, 0.3) is 0 Å². The van der Waals surface area contributed by atoms with Crippen molar-refractivity contribution in [3.05, 3.63) is 6.42 Å². The first-order valence-electron chi connectivity index (χ1n) is 1.74. The maximum absolute atomic E-state index is 6.76. The first-order valence-corrected chi connectivity index (χ1v) is 1.74. The molecule has 0 unspecified atom stereocenters. The van der Waals surface area contributed by atoms with Crippen LogP contribution in [0.3, 0.4) is 0 Å². The number of hydrogen-bond donors (Lipinski definition) is 1. The van der Waals surface area contributed by atoms with E-state index < -0.39 is 0 Å². The van der Waals surface area contributed by atoms with Crippen molar-refractivity contribution in [3.63, 3.8) is 0 Å². The molecule has 0 amide bonds. The van der Waals surface area contributed by atoms with Crippen molar-refractivity contribution in [2.75, 3.05) is 0 Å². The molecule has 0 spiro atoms. The van der Waals surface area contributed by atoms with Gasteiger partial charge in [-0.1, -0.05) is 6.92 Å². The van der Waals surface area contributed by atoms with Gasteiger partial charge in [-0.05, 0) is 0 Å². The van der Waals surface area contributed by atoms with Gasteiger partial charge in [-0.25, -0.2) is 0 Å². The molecule has 1 aliphatic rings. The molecule has 6 heavy (non-hydrogen) atoms. The van der Waals surface area contributed by atoms with Crippen LogP contribution in [0.15, 0.2) is 0 Å². The number of rotatable bonds is 0. The van der Waals surface area contributed by atoms with E-state index in [1.165, 1.54) is 0 Å². The van der Waals surface area contributed by atoms with Crippen LogP contribution < -0.4 is 0 Å². The molecule has 0 radical (unpaired) electrons. The summed E-state index contributed by atoms with van der Waals surface area (Å²) < 4.78 is 0. The molecule has 1 fully saturated rings. The summed E-state index contributed by atoms with van der Waals surface area (Å²) >= 11 is 0. The van der Waals surface area contributed by atoms with Gasteiger partial charge in [0.05, 0.1) is 0 Å². The van der Waals surface area contributed by atoms with Gasteiger partial charge in [-0.2, -0.15) is 5.71 Å². The Morgan fingerprint density at radius 2 is 2.00 bits per heavy atom.